The van der Waals surface area contributed by atoms with Crippen molar-refractivity contribution in [2.24, 2.45) is 11.3 Å². The molecule has 1 unspecified atom stereocenters. The van der Waals surface area contributed by atoms with Gasteiger partial charge in [-0.1, -0.05) is 36.7 Å². The molecular weight excluding hydrogens is 240 g/mol. The molecule has 0 aliphatic carbocycles. The van der Waals surface area contributed by atoms with E-state index in [1.807, 2.05) is 13.1 Å². The first-order valence-electron chi connectivity index (χ1n) is 4.99. The maximum Gasteiger partial charge on any atom is 0.105 e. The Morgan fingerprint density at radius 2 is 2.14 bits per heavy atom. The lowest BCUT2D eigenvalue weighted by Gasteiger charge is -2.29. The number of alkyl halides is 1. The van der Waals surface area contributed by atoms with Gasteiger partial charge >= 0.3 is 0 Å². The maximum atomic E-state index is 4.23. The number of nitrogens with zero attached hydrogens (tertiary/aromatic N) is 2. The van der Waals surface area contributed by atoms with Crippen molar-refractivity contribution in [2.75, 3.05) is 5.33 Å². The summed E-state index contributed by atoms with van der Waals surface area (Å²) in [5.74, 6) is 1.73. The van der Waals surface area contributed by atoms with Gasteiger partial charge < -0.3 is 4.57 Å². The van der Waals surface area contributed by atoms with Crippen LogP contribution >= 0.6 is 15.9 Å². The van der Waals surface area contributed by atoms with E-state index in [-0.39, 0.29) is 0 Å². The fraction of sp³-hybridized carbons (Fsp3) is 0.727. The van der Waals surface area contributed by atoms with Crippen LogP contribution in [0.15, 0.2) is 12.4 Å². The standard InChI is InChI=1S/C11H19BrN2/c1-9-13-5-6-14(9)8-10(7-12)11(2,3)4/h5-6,10H,7-8H2,1-4H3. The Balaban J connectivity index is 2.71. The number of hydrogen-bond acceptors (Lipinski definition) is 1. The highest BCUT2D eigenvalue weighted by Gasteiger charge is 2.23. The SMILES string of the molecule is Cc1nccn1CC(CBr)C(C)(C)C. The number of aryl methyl sites for hydroxylation is 1. The van der Waals surface area contributed by atoms with E-state index in [4.69, 9.17) is 0 Å². The fourth-order valence-corrected chi connectivity index (χ4v) is 2.56. The minimum Gasteiger partial charge on any atom is -0.335 e. The summed E-state index contributed by atoms with van der Waals surface area (Å²) < 4.78 is 2.22. The minimum atomic E-state index is 0.334. The number of rotatable bonds is 3. The number of halogens is 1. The minimum absolute atomic E-state index is 0.334. The molecule has 3 heteroatoms. The van der Waals surface area contributed by atoms with Gasteiger partial charge in [0.1, 0.15) is 5.82 Å². The van der Waals surface area contributed by atoms with Gasteiger partial charge in [0.05, 0.1) is 0 Å². The van der Waals surface area contributed by atoms with Gasteiger partial charge in [-0.2, -0.15) is 0 Å². The monoisotopic (exact) mass is 258 g/mol. The lowest BCUT2D eigenvalue weighted by atomic mass is 9.82. The zero-order valence-corrected chi connectivity index (χ0v) is 11.0. The second-order valence-corrected chi connectivity index (χ2v) is 5.49. The molecule has 1 atom stereocenters. The molecule has 0 aromatic carbocycles. The molecule has 0 radical (unpaired) electrons. The van der Waals surface area contributed by atoms with Crippen molar-refractivity contribution in [3.8, 4) is 0 Å². The summed E-state index contributed by atoms with van der Waals surface area (Å²) in [6.45, 7) is 9.94. The molecule has 1 heterocycles. The molecule has 14 heavy (non-hydrogen) atoms. The molecule has 0 aliphatic heterocycles. The molecule has 0 spiro atoms. The highest BCUT2D eigenvalue weighted by Crippen LogP contribution is 2.29. The van der Waals surface area contributed by atoms with Crippen LogP contribution in [-0.4, -0.2) is 14.9 Å². The molecule has 0 N–H and O–H groups in total. The summed E-state index contributed by atoms with van der Waals surface area (Å²) in [5.41, 5.74) is 0.334. The largest absolute Gasteiger partial charge is 0.335 e. The van der Waals surface area contributed by atoms with E-state index in [1.54, 1.807) is 0 Å². The third-order valence-electron chi connectivity index (χ3n) is 2.75. The lowest BCUT2D eigenvalue weighted by molar-refractivity contribution is 0.238. The van der Waals surface area contributed by atoms with Gasteiger partial charge in [-0.15, -0.1) is 0 Å². The normalized spacial score (nSPS) is 14.4. The first kappa shape index (κ1) is 11.8. The van der Waals surface area contributed by atoms with Gasteiger partial charge in [0, 0.05) is 24.3 Å². The Labute approximate surface area is 94.9 Å². The summed E-state index contributed by atoms with van der Waals surface area (Å²) in [5, 5.41) is 1.04. The summed E-state index contributed by atoms with van der Waals surface area (Å²) >= 11 is 3.59. The molecule has 0 saturated heterocycles. The molecule has 80 valence electrons. The summed E-state index contributed by atoms with van der Waals surface area (Å²) in [7, 11) is 0. The average Bonchev–Trinajstić information content (AvgIpc) is 2.45. The molecule has 0 amide bonds. The van der Waals surface area contributed by atoms with Crippen molar-refractivity contribution in [3.05, 3.63) is 18.2 Å². The molecule has 0 aliphatic rings. The van der Waals surface area contributed by atoms with Crippen LogP contribution in [-0.2, 0) is 6.54 Å². The lowest BCUT2D eigenvalue weighted by Crippen LogP contribution is -2.26. The highest BCUT2D eigenvalue weighted by molar-refractivity contribution is 9.09. The second-order valence-electron chi connectivity index (χ2n) is 4.84. The third-order valence-corrected chi connectivity index (χ3v) is 3.53. The van der Waals surface area contributed by atoms with E-state index in [0.29, 0.717) is 11.3 Å². The molecule has 1 aromatic rings. The quantitative estimate of drug-likeness (QED) is 0.762. The first-order chi connectivity index (χ1) is 6.45. The van der Waals surface area contributed by atoms with E-state index in [2.05, 4.69) is 52.4 Å². The van der Waals surface area contributed by atoms with Crippen LogP contribution in [0.5, 0.6) is 0 Å². The number of hydrogen-bond donors (Lipinski definition) is 0. The zero-order valence-electron chi connectivity index (χ0n) is 9.42. The number of aromatic nitrogens is 2. The van der Waals surface area contributed by atoms with Crippen molar-refractivity contribution in [1.29, 1.82) is 0 Å². The van der Waals surface area contributed by atoms with Gasteiger partial charge in [-0.3, -0.25) is 0 Å². The van der Waals surface area contributed by atoms with Crippen LogP contribution in [0.1, 0.15) is 26.6 Å². The summed E-state index contributed by atoms with van der Waals surface area (Å²) in [4.78, 5) is 4.23. The maximum absolute atomic E-state index is 4.23. The smallest absolute Gasteiger partial charge is 0.105 e. The van der Waals surface area contributed by atoms with Crippen LogP contribution in [0.3, 0.4) is 0 Å². The Kier molecular flexibility index (Phi) is 3.76. The van der Waals surface area contributed by atoms with Crippen LogP contribution < -0.4 is 0 Å². The van der Waals surface area contributed by atoms with Crippen molar-refractivity contribution >= 4 is 15.9 Å². The van der Waals surface area contributed by atoms with E-state index in [0.717, 1.165) is 17.7 Å². The Morgan fingerprint density at radius 1 is 1.50 bits per heavy atom. The Morgan fingerprint density at radius 3 is 2.50 bits per heavy atom. The predicted octanol–water partition coefficient (Wildman–Crippen LogP) is 3.25. The van der Waals surface area contributed by atoms with Crippen molar-refractivity contribution in [1.82, 2.24) is 9.55 Å². The number of imidazole rings is 1. The van der Waals surface area contributed by atoms with Gasteiger partial charge in [-0.25, -0.2) is 4.98 Å². The predicted molar refractivity (Wildman–Crippen MR) is 63.7 cm³/mol. The van der Waals surface area contributed by atoms with Crippen LogP contribution in [0.4, 0.5) is 0 Å². The van der Waals surface area contributed by atoms with Crippen LogP contribution in [0, 0.1) is 18.3 Å². The average molecular weight is 259 g/mol. The summed E-state index contributed by atoms with van der Waals surface area (Å²) in [6.07, 6.45) is 3.92. The molecule has 1 rings (SSSR count). The highest BCUT2D eigenvalue weighted by atomic mass is 79.9. The first-order valence-corrected chi connectivity index (χ1v) is 6.11. The second kappa shape index (κ2) is 4.47. The molecule has 2 nitrogen and oxygen atoms in total. The molecular formula is C11H19BrN2. The van der Waals surface area contributed by atoms with E-state index in [1.165, 1.54) is 0 Å². The molecule has 0 fully saturated rings. The van der Waals surface area contributed by atoms with E-state index < -0.39 is 0 Å². The van der Waals surface area contributed by atoms with Crippen LogP contribution in [0.25, 0.3) is 0 Å². The molecule has 1 aromatic heterocycles. The fourth-order valence-electron chi connectivity index (χ4n) is 1.39. The topological polar surface area (TPSA) is 17.8 Å². The third kappa shape index (κ3) is 2.84. The van der Waals surface area contributed by atoms with Gasteiger partial charge in [0.2, 0.25) is 0 Å². The van der Waals surface area contributed by atoms with Crippen molar-refractivity contribution < 1.29 is 0 Å². The molecule has 0 bridgehead atoms. The van der Waals surface area contributed by atoms with Gasteiger partial charge in [-0.05, 0) is 18.3 Å². The van der Waals surface area contributed by atoms with Crippen molar-refractivity contribution in [2.45, 2.75) is 34.2 Å². The van der Waals surface area contributed by atoms with Gasteiger partial charge in [0.25, 0.3) is 0 Å². The Bertz CT molecular complexity index is 286. The van der Waals surface area contributed by atoms with E-state index >= 15 is 0 Å². The Hall–Kier alpha value is -0.310. The zero-order chi connectivity index (χ0) is 10.8. The van der Waals surface area contributed by atoms with E-state index in [9.17, 15) is 0 Å². The van der Waals surface area contributed by atoms with Crippen LogP contribution in [0.2, 0.25) is 0 Å². The van der Waals surface area contributed by atoms with Crippen molar-refractivity contribution in [3.63, 3.8) is 0 Å². The molecule has 0 saturated carbocycles. The van der Waals surface area contributed by atoms with Gasteiger partial charge in [0.15, 0.2) is 0 Å². The summed E-state index contributed by atoms with van der Waals surface area (Å²) in [6, 6.07) is 0.